The number of halogens is 1. The topological polar surface area (TPSA) is 38.3 Å². The molecule has 0 radical (unpaired) electrons. The average Bonchev–Trinajstić information content (AvgIpc) is 2.57. The highest BCUT2D eigenvalue weighted by Crippen LogP contribution is 2.24. The molecule has 0 fully saturated rings. The van der Waals surface area contributed by atoms with Crippen molar-refractivity contribution in [3.8, 4) is 5.75 Å². The third kappa shape index (κ3) is 4.30. The standard InChI is InChI=1S/C20H24ClNO2/c1-5-15-9-7-8-13(3)19(15)22-20(23)18(6-2)24-16-10-11-17(21)14(4)12-16/h7-12,18H,5-6H2,1-4H3,(H,22,23). The van der Waals surface area contributed by atoms with E-state index in [2.05, 4.69) is 12.2 Å². The summed E-state index contributed by atoms with van der Waals surface area (Å²) < 4.78 is 5.88. The highest BCUT2D eigenvalue weighted by atomic mass is 35.5. The van der Waals surface area contributed by atoms with Crippen molar-refractivity contribution in [2.75, 3.05) is 5.32 Å². The van der Waals surface area contributed by atoms with Gasteiger partial charge in [-0.25, -0.2) is 0 Å². The monoisotopic (exact) mass is 345 g/mol. The summed E-state index contributed by atoms with van der Waals surface area (Å²) in [6.45, 7) is 7.93. The number of anilines is 1. The van der Waals surface area contributed by atoms with Crippen LogP contribution in [0.15, 0.2) is 36.4 Å². The van der Waals surface area contributed by atoms with Gasteiger partial charge in [-0.1, -0.05) is 43.6 Å². The lowest BCUT2D eigenvalue weighted by Gasteiger charge is -2.20. The third-order valence-electron chi connectivity index (χ3n) is 4.06. The van der Waals surface area contributed by atoms with Gasteiger partial charge in [0.1, 0.15) is 5.75 Å². The van der Waals surface area contributed by atoms with Crippen LogP contribution in [-0.2, 0) is 11.2 Å². The van der Waals surface area contributed by atoms with E-state index in [1.165, 1.54) is 0 Å². The number of ether oxygens (including phenoxy) is 1. The van der Waals surface area contributed by atoms with Crippen molar-refractivity contribution in [2.45, 2.75) is 46.6 Å². The van der Waals surface area contributed by atoms with E-state index in [9.17, 15) is 4.79 Å². The number of amides is 1. The second-order valence-electron chi connectivity index (χ2n) is 5.88. The van der Waals surface area contributed by atoms with Crippen molar-refractivity contribution >= 4 is 23.2 Å². The van der Waals surface area contributed by atoms with Crippen LogP contribution < -0.4 is 10.1 Å². The van der Waals surface area contributed by atoms with Crippen LogP contribution in [0.1, 0.15) is 37.0 Å². The number of aryl methyl sites for hydroxylation is 3. The summed E-state index contributed by atoms with van der Waals surface area (Å²) in [4.78, 5) is 12.7. The highest BCUT2D eigenvalue weighted by Gasteiger charge is 2.20. The van der Waals surface area contributed by atoms with Gasteiger partial charge < -0.3 is 10.1 Å². The van der Waals surface area contributed by atoms with E-state index in [0.717, 1.165) is 28.8 Å². The number of carbonyl (C=O) groups is 1. The van der Waals surface area contributed by atoms with Crippen molar-refractivity contribution in [1.82, 2.24) is 0 Å². The molecule has 0 heterocycles. The zero-order valence-corrected chi connectivity index (χ0v) is 15.4. The number of benzene rings is 2. The molecule has 3 nitrogen and oxygen atoms in total. The van der Waals surface area contributed by atoms with Gasteiger partial charge in [0.2, 0.25) is 0 Å². The molecule has 2 rings (SSSR count). The van der Waals surface area contributed by atoms with Crippen LogP contribution in [0.25, 0.3) is 0 Å². The predicted octanol–water partition coefficient (Wildman–Crippen LogP) is 5.32. The summed E-state index contributed by atoms with van der Waals surface area (Å²) in [6, 6.07) is 11.5. The predicted molar refractivity (Wildman–Crippen MR) is 100 cm³/mol. The molecule has 4 heteroatoms. The molecule has 0 aliphatic heterocycles. The maximum absolute atomic E-state index is 12.7. The molecular formula is C20H24ClNO2. The van der Waals surface area contributed by atoms with E-state index in [1.807, 2.05) is 45.0 Å². The van der Waals surface area contributed by atoms with Crippen molar-refractivity contribution in [3.63, 3.8) is 0 Å². The van der Waals surface area contributed by atoms with Crippen LogP contribution in [0.2, 0.25) is 5.02 Å². The minimum absolute atomic E-state index is 0.130. The number of carbonyl (C=O) groups excluding carboxylic acids is 1. The summed E-state index contributed by atoms with van der Waals surface area (Å²) in [5.74, 6) is 0.522. The van der Waals surface area contributed by atoms with Gasteiger partial charge in [-0.3, -0.25) is 4.79 Å². The lowest BCUT2D eigenvalue weighted by atomic mass is 10.1. The molecule has 2 aromatic rings. The Bertz CT molecular complexity index is 728. The molecule has 0 aliphatic rings. The number of para-hydroxylation sites is 1. The molecule has 1 unspecified atom stereocenters. The molecule has 1 N–H and O–H groups in total. The van der Waals surface area contributed by atoms with Crippen molar-refractivity contribution < 1.29 is 9.53 Å². The summed E-state index contributed by atoms with van der Waals surface area (Å²) in [5, 5.41) is 3.72. The molecule has 2 aromatic carbocycles. The normalized spacial score (nSPS) is 11.9. The molecule has 0 bridgehead atoms. The van der Waals surface area contributed by atoms with Gasteiger partial charge in [-0.15, -0.1) is 0 Å². The number of rotatable bonds is 6. The van der Waals surface area contributed by atoms with Crippen LogP contribution >= 0.6 is 11.6 Å². The largest absolute Gasteiger partial charge is 0.481 e. The molecule has 0 saturated heterocycles. The maximum atomic E-state index is 12.7. The van der Waals surface area contributed by atoms with Gasteiger partial charge in [0.05, 0.1) is 0 Å². The number of nitrogens with one attached hydrogen (secondary N) is 1. The molecule has 1 amide bonds. The maximum Gasteiger partial charge on any atom is 0.265 e. The van der Waals surface area contributed by atoms with Gasteiger partial charge in [0, 0.05) is 10.7 Å². The van der Waals surface area contributed by atoms with Gasteiger partial charge >= 0.3 is 0 Å². The quantitative estimate of drug-likeness (QED) is 0.769. The first-order valence-electron chi connectivity index (χ1n) is 8.28. The fraction of sp³-hybridized carbons (Fsp3) is 0.350. The molecule has 0 spiro atoms. The van der Waals surface area contributed by atoms with Crippen molar-refractivity contribution in [2.24, 2.45) is 0 Å². The molecule has 24 heavy (non-hydrogen) atoms. The number of hydrogen-bond donors (Lipinski definition) is 1. The zero-order valence-electron chi connectivity index (χ0n) is 14.7. The van der Waals surface area contributed by atoms with Gasteiger partial charge in [-0.05, 0) is 61.6 Å². The van der Waals surface area contributed by atoms with E-state index in [0.29, 0.717) is 17.2 Å². The third-order valence-corrected chi connectivity index (χ3v) is 4.48. The Morgan fingerprint density at radius 1 is 1.17 bits per heavy atom. The molecule has 0 saturated carbocycles. The minimum Gasteiger partial charge on any atom is -0.481 e. The highest BCUT2D eigenvalue weighted by molar-refractivity contribution is 6.31. The van der Waals surface area contributed by atoms with Crippen molar-refractivity contribution in [3.05, 3.63) is 58.1 Å². The first-order chi connectivity index (χ1) is 11.5. The Labute approximate surface area is 149 Å². The van der Waals surface area contributed by atoms with Crippen molar-refractivity contribution in [1.29, 1.82) is 0 Å². The van der Waals surface area contributed by atoms with Crippen LogP contribution in [-0.4, -0.2) is 12.0 Å². The van der Waals surface area contributed by atoms with Crippen LogP contribution in [0.3, 0.4) is 0 Å². The fourth-order valence-electron chi connectivity index (χ4n) is 2.58. The Morgan fingerprint density at radius 3 is 2.54 bits per heavy atom. The lowest BCUT2D eigenvalue weighted by Crippen LogP contribution is -2.33. The Hall–Kier alpha value is -2.00. The van der Waals surface area contributed by atoms with E-state index in [4.69, 9.17) is 16.3 Å². The minimum atomic E-state index is -0.546. The first kappa shape index (κ1) is 18.3. The second kappa shape index (κ2) is 8.20. The van der Waals surface area contributed by atoms with Crippen LogP contribution in [0, 0.1) is 13.8 Å². The van der Waals surface area contributed by atoms with Crippen LogP contribution in [0.4, 0.5) is 5.69 Å². The molecular weight excluding hydrogens is 322 g/mol. The first-order valence-corrected chi connectivity index (χ1v) is 8.66. The fourth-order valence-corrected chi connectivity index (χ4v) is 2.70. The van der Waals surface area contributed by atoms with E-state index >= 15 is 0 Å². The lowest BCUT2D eigenvalue weighted by molar-refractivity contribution is -0.122. The second-order valence-corrected chi connectivity index (χ2v) is 6.28. The summed E-state index contributed by atoms with van der Waals surface area (Å²) >= 11 is 6.04. The summed E-state index contributed by atoms with van der Waals surface area (Å²) in [5.41, 5.74) is 4.00. The number of hydrogen-bond acceptors (Lipinski definition) is 2. The Kier molecular flexibility index (Phi) is 6.27. The molecule has 128 valence electrons. The van der Waals surface area contributed by atoms with E-state index in [-0.39, 0.29) is 5.91 Å². The summed E-state index contributed by atoms with van der Waals surface area (Å²) in [7, 11) is 0. The Morgan fingerprint density at radius 2 is 1.92 bits per heavy atom. The average molecular weight is 346 g/mol. The van der Waals surface area contributed by atoms with E-state index < -0.39 is 6.10 Å². The van der Waals surface area contributed by atoms with E-state index in [1.54, 1.807) is 12.1 Å². The molecule has 0 aromatic heterocycles. The summed E-state index contributed by atoms with van der Waals surface area (Å²) in [6.07, 6.45) is 0.904. The van der Waals surface area contributed by atoms with Gasteiger partial charge in [-0.2, -0.15) is 0 Å². The Balaban J connectivity index is 2.16. The van der Waals surface area contributed by atoms with Gasteiger partial charge in [0.15, 0.2) is 6.10 Å². The SMILES string of the molecule is CCc1cccc(C)c1NC(=O)C(CC)Oc1ccc(Cl)c(C)c1. The smallest absolute Gasteiger partial charge is 0.265 e. The molecule has 1 atom stereocenters. The molecule has 0 aliphatic carbocycles. The van der Waals surface area contributed by atoms with Crippen LogP contribution in [0.5, 0.6) is 5.75 Å². The van der Waals surface area contributed by atoms with Gasteiger partial charge in [0.25, 0.3) is 5.91 Å². The zero-order chi connectivity index (χ0) is 17.7.